The van der Waals surface area contributed by atoms with Gasteiger partial charge in [0, 0.05) is 6.42 Å². The molecule has 1 heterocycles. The predicted molar refractivity (Wildman–Crippen MR) is 74.9 cm³/mol. The molecule has 0 saturated heterocycles. The summed E-state index contributed by atoms with van der Waals surface area (Å²) in [7, 11) is 0. The highest BCUT2D eigenvalue weighted by Crippen LogP contribution is 2.20. The number of nitrogens with zero attached hydrogens (tertiary/aromatic N) is 2. The molecule has 1 atom stereocenters. The van der Waals surface area contributed by atoms with Crippen molar-refractivity contribution in [2.75, 3.05) is 0 Å². The van der Waals surface area contributed by atoms with Gasteiger partial charge in [0.1, 0.15) is 0 Å². The largest absolute Gasteiger partial charge is 0.339 e. The molecule has 104 valence electrons. The van der Waals surface area contributed by atoms with E-state index in [2.05, 4.69) is 17.1 Å². The van der Waals surface area contributed by atoms with Crippen LogP contribution in [0, 0.1) is 0 Å². The molecule has 0 N–H and O–H groups in total. The molecule has 1 aromatic rings. The number of hydrogen-bond acceptors (Lipinski definition) is 3. The van der Waals surface area contributed by atoms with Gasteiger partial charge >= 0.3 is 0 Å². The van der Waals surface area contributed by atoms with Crippen LogP contribution in [0.15, 0.2) is 4.52 Å². The Hall–Kier alpha value is -0.570. The summed E-state index contributed by atoms with van der Waals surface area (Å²) in [4.78, 5) is 4.32. The smallest absolute Gasteiger partial charge is 0.226 e. The van der Waals surface area contributed by atoms with Crippen LogP contribution in [-0.2, 0) is 6.42 Å². The van der Waals surface area contributed by atoms with Gasteiger partial charge in [-0.05, 0) is 12.8 Å². The molecule has 1 unspecified atom stereocenters. The average molecular weight is 273 g/mol. The Morgan fingerprint density at radius 3 is 2.39 bits per heavy atom. The first-order chi connectivity index (χ1) is 8.77. The molecule has 0 saturated carbocycles. The molecule has 3 nitrogen and oxygen atoms in total. The number of alkyl halides is 1. The van der Waals surface area contributed by atoms with Crippen LogP contribution in [0.5, 0.6) is 0 Å². The lowest BCUT2D eigenvalue weighted by Gasteiger charge is -1.99. The molecule has 1 rings (SSSR count). The zero-order valence-electron chi connectivity index (χ0n) is 11.6. The van der Waals surface area contributed by atoms with E-state index in [-0.39, 0.29) is 5.38 Å². The van der Waals surface area contributed by atoms with E-state index < -0.39 is 0 Å². The molecule has 0 aliphatic heterocycles. The molecule has 1 aromatic heterocycles. The third-order valence-corrected chi connectivity index (χ3v) is 3.62. The number of aryl methyl sites for hydroxylation is 1. The van der Waals surface area contributed by atoms with Crippen molar-refractivity contribution in [3.63, 3.8) is 0 Å². The number of aromatic nitrogens is 2. The summed E-state index contributed by atoms with van der Waals surface area (Å²) in [5.74, 6) is 1.37. The zero-order chi connectivity index (χ0) is 13.2. The molecule has 0 radical (unpaired) electrons. The van der Waals surface area contributed by atoms with E-state index in [9.17, 15) is 0 Å². The van der Waals surface area contributed by atoms with Crippen LogP contribution in [0.25, 0.3) is 0 Å². The van der Waals surface area contributed by atoms with Crippen molar-refractivity contribution < 1.29 is 4.52 Å². The van der Waals surface area contributed by atoms with Crippen molar-refractivity contribution in [3.8, 4) is 0 Å². The summed E-state index contributed by atoms with van der Waals surface area (Å²) in [5.41, 5.74) is 0. The fourth-order valence-corrected chi connectivity index (χ4v) is 2.00. The SMILES string of the molecule is CCCCCCCCCc1nc(C(Cl)CC)no1. The van der Waals surface area contributed by atoms with Gasteiger partial charge in [0.15, 0.2) is 5.82 Å². The second-order valence-electron chi connectivity index (χ2n) is 4.79. The molecule has 0 aliphatic rings. The summed E-state index contributed by atoms with van der Waals surface area (Å²) in [5, 5.41) is 3.79. The first-order valence-electron chi connectivity index (χ1n) is 7.24. The molecule has 0 spiro atoms. The van der Waals surface area contributed by atoms with Crippen molar-refractivity contribution in [1.82, 2.24) is 10.1 Å². The van der Waals surface area contributed by atoms with Crippen LogP contribution < -0.4 is 0 Å². The van der Waals surface area contributed by atoms with E-state index in [0.29, 0.717) is 5.82 Å². The lowest BCUT2D eigenvalue weighted by atomic mass is 10.1. The summed E-state index contributed by atoms with van der Waals surface area (Å²) in [6, 6.07) is 0. The van der Waals surface area contributed by atoms with Gasteiger partial charge in [0.05, 0.1) is 5.38 Å². The molecular weight excluding hydrogens is 248 g/mol. The minimum absolute atomic E-state index is 0.114. The van der Waals surface area contributed by atoms with Gasteiger partial charge in [-0.15, -0.1) is 11.6 Å². The monoisotopic (exact) mass is 272 g/mol. The van der Waals surface area contributed by atoms with E-state index in [1.807, 2.05) is 6.92 Å². The minimum Gasteiger partial charge on any atom is -0.339 e. The van der Waals surface area contributed by atoms with E-state index in [1.165, 1.54) is 38.5 Å². The Labute approximate surface area is 115 Å². The molecule has 0 fully saturated rings. The van der Waals surface area contributed by atoms with Crippen LogP contribution in [-0.4, -0.2) is 10.1 Å². The van der Waals surface area contributed by atoms with Crippen LogP contribution in [0.1, 0.15) is 82.3 Å². The van der Waals surface area contributed by atoms with Crippen LogP contribution in [0.3, 0.4) is 0 Å². The highest BCUT2D eigenvalue weighted by atomic mass is 35.5. The maximum Gasteiger partial charge on any atom is 0.226 e. The van der Waals surface area contributed by atoms with E-state index >= 15 is 0 Å². The predicted octanol–water partition coefficient (Wildman–Crippen LogP) is 5.05. The van der Waals surface area contributed by atoms with Crippen molar-refractivity contribution >= 4 is 11.6 Å². The molecular formula is C14H25ClN2O. The third kappa shape index (κ3) is 5.85. The Morgan fingerprint density at radius 2 is 1.72 bits per heavy atom. The van der Waals surface area contributed by atoms with Gasteiger partial charge in [-0.3, -0.25) is 0 Å². The summed E-state index contributed by atoms with van der Waals surface area (Å²) >= 11 is 6.05. The molecule has 0 amide bonds. The fraction of sp³-hybridized carbons (Fsp3) is 0.857. The molecule has 18 heavy (non-hydrogen) atoms. The zero-order valence-corrected chi connectivity index (χ0v) is 12.4. The van der Waals surface area contributed by atoms with Crippen LogP contribution >= 0.6 is 11.6 Å². The van der Waals surface area contributed by atoms with Gasteiger partial charge in [-0.1, -0.05) is 57.5 Å². The highest BCUT2D eigenvalue weighted by molar-refractivity contribution is 6.20. The quantitative estimate of drug-likeness (QED) is 0.442. The normalized spacial score (nSPS) is 12.8. The molecule has 0 bridgehead atoms. The lowest BCUT2D eigenvalue weighted by Crippen LogP contribution is -1.92. The van der Waals surface area contributed by atoms with Gasteiger partial charge in [-0.25, -0.2) is 0 Å². The number of rotatable bonds is 10. The van der Waals surface area contributed by atoms with Gasteiger partial charge in [-0.2, -0.15) is 4.98 Å². The second kappa shape index (κ2) is 9.37. The van der Waals surface area contributed by atoms with Gasteiger partial charge < -0.3 is 4.52 Å². The van der Waals surface area contributed by atoms with Gasteiger partial charge in [0.2, 0.25) is 5.89 Å². The summed E-state index contributed by atoms with van der Waals surface area (Å²) < 4.78 is 5.19. The number of unbranched alkanes of at least 4 members (excludes halogenated alkanes) is 6. The van der Waals surface area contributed by atoms with Crippen LogP contribution in [0.2, 0.25) is 0 Å². The number of hydrogen-bond donors (Lipinski definition) is 0. The first kappa shape index (κ1) is 15.5. The Morgan fingerprint density at radius 1 is 1.06 bits per heavy atom. The third-order valence-electron chi connectivity index (χ3n) is 3.12. The highest BCUT2D eigenvalue weighted by Gasteiger charge is 2.13. The molecule has 0 aromatic carbocycles. The fourth-order valence-electron chi connectivity index (χ4n) is 1.91. The maximum absolute atomic E-state index is 6.05. The maximum atomic E-state index is 6.05. The van der Waals surface area contributed by atoms with E-state index in [1.54, 1.807) is 0 Å². The standard InChI is InChI=1S/C14H25ClN2O/c1-3-5-6-7-8-9-10-11-13-16-14(17-18-13)12(15)4-2/h12H,3-11H2,1-2H3. The van der Waals surface area contributed by atoms with E-state index in [0.717, 1.165) is 25.2 Å². The van der Waals surface area contributed by atoms with Gasteiger partial charge in [0.25, 0.3) is 0 Å². The Balaban J connectivity index is 2.10. The number of halogens is 1. The summed E-state index contributed by atoms with van der Waals surface area (Å²) in [6.45, 7) is 4.26. The van der Waals surface area contributed by atoms with Crippen molar-refractivity contribution in [2.24, 2.45) is 0 Å². The lowest BCUT2D eigenvalue weighted by molar-refractivity contribution is 0.367. The second-order valence-corrected chi connectivity index (χ2v) is 5.32. The van der Waals surface area contributed by atoms with Crippen LogP contribution in [0.4, 0.5) is 0 Å². The topological polar surface area (TPSA) is 38.9 Å². The molecule has 0 aliphatic carbocycles. The minimum atomic E-state index is -0.114. The Bertz CT molecular complexity index is 314. The van der Waals surface area contributed by atoms with Crippen molar-refractivity contribution in [1.29, 1.82) is 0 Å². The van der Waals surface area contributed by atoms with E-state index in [4.69, 9.17) is 16.1 Å². The Kier molecular flexibility index (Phi) is 8.06. The first-order valence-corrected chi connectivity index (χ1v) is 7.68. The molecule has 4 heteroatoms. The van der Waals surface area contributed by atoms with Crippen molar-refractivity contribution in [2.45, 2.75) is 77.0 Å². The average Bonchev–Trinajstić information content (AvgIpc) is 2.85. The summed E-state index contributed by atoms with van der Waals surface area (Å²) in [6.07, 6.45) is 10.8. The van der Waals surface area contributed by atoms with Crippen molar-refractivity contribution in [3.05, 3.63) is 11.7 Å².